The van der Waals surface area contributed by atoms with Gasteiger partial charge in [0, 0.05) is 12.6 Å². The number of halogens is 1. The maximum absolute atomic E-state index is 10.4. The van der Waals surface area contributed by atoms with Crippen LogP contribution < -0.4 is 10.1 Å². The van der Waals surface area contributed by atoms with Gasteiger partial charge in [-0.25, -0.2) is 10.1 Å². The van der Waals surface area contributed by atoms with Crippen LogP contribution in [0.3, 0.4) is 0 Å². The highest BCUT2D eigenvalue weighted by Gasteiger charge is 2.13. The SMILES string of the molecule is CN/C(=N\[N+](=O)[O-])c1cc(Cl)c(OC)cc1C. The number of ether oxygens (including phenoxy) is 1. The molecule has 1 rings (SSSR count). The molecule has 0 aliphatic carbocycles. The van der Waals surface area contributed by atoms with E-state index in [0.29, 0.717) is 16.3 Å². The predicted octanol–water partition coefficient (Wildman–Crippen LogP) is 1.81. The van der Waals surface area contributed by atoms with Gasteiger partial charge in [-0.05, 0) is 24.6 Å². The number of nitro groups is 1. The van der Waals surface area contributed by atoms with Crippen molar-refractivity contribution in [2.45, 2.75) is 6.92 Å². The number of aryl methyl sites for hydroxylation is 1. The maximum Gasteiger partial charge on any atom is 0.207 e. The first-order valence-electron chi connectivity index (χ1n) is 4.74. The Morgan fingerprint density at radius 3 is 2.71 bits per heavy atom. The molecule has 1 aromatic carbocycles. The molecule has 0 amide bonds. The van der Waals surface area contributed by atoms with Crippen molar-refractivity contribution < 1.29 is 9.77 Å². The number of methoxy groups -OCH3 is 1. The molecule has 92 valence electrons. The van der Waals surface area contributed by atoms with Gasteiger partial charge in [-0.2, -0.15) is 0 Å². The molecule has 0 unspecified atom stereocenters. The molecule has 7 heteroatoms. The van der Waals surface area contributed by atoms with Gasteiger partial charge >= 0.3 is 0 Å². The third-order valence-electron chi connectivity index (χ3n) is 2.17. The van der Waals surface area contributed by atoms with E-state index in [0.717, 1.165) is 5.56 Å². The van der Waals surface area contributed by atoms with Crippen molar-refractivity contribution in [3.8, 4) is 5.75 Å². The van der Waals surface area contributed by atoms with Gasteiger partial charge in [0.1, 0.15) is 5.75 Å². The molecule has 1 aromatic rings. The Labute approximate surface area is 103 Å². The minimum absolute atomic E-state index is 0.150. The molecule has 17 heavy (non-hydrogen) atoms. The zero-order valence-corrected chi connectivity index (χ0v) is 10.4. The average molecular weight is 258 g/mol. The van der Waals surface area contributed by atoms with Gasteiger partial charge < -0.3 is 10.1 Å². The Bertz CT molecular complexity index is 474. The lowest BCUT2D eigenvalue weighted by Crippen LogP contribution is -2.22. The number of amidine groups is 1. The van der Waals surface area contributed by atoms with Crippen LogP contribution in [0.15, 0.2) is 17.2 Å². The van der Waals surface area contributed by atoms with E-state index in [9.17, 15) is 10.1 Å². The molecule has 0 fully saturated rings. The van der Waals surface area contributed by atoms with Crippen molar-refractivity contribution in [3.63, 3.8) is 0 Å². The summed E-state index contributed by atoms with van der Waals surface area (Å²) in [6.07, 6.45) is 0. The molecule has 0 aliphatic rings. The van der Waals surface area contributed by atoms with Crippen LogP contribution in [-0.4, -0.2) is 25.0 Å². The average Bonchev–Trinajstić information content (AvgIpc) is 2.28. The third-order valence-corrected chi connectivity index (χ3v) is 2.47. The summed E-state index contributed by atoms with van der Waals surface area (Å²) in [7, 11) is 3.06. The molecular weight excluding hydrogens is 246 g/mol. The van der Waals surface area contributed by atoms with E-state index >= 15 is 0 Å². The molecule has 0 atom stereocenters. The third kappa shape index (κ3) is 3.07. The number of hydrogen-bond donors (Lipinski definition) is 1. The normalized spacial score (nSPS) is 11.2. The smallest absolute Gasteiger partial charge is 0.207 e. The highest BCUT2D eigenvalue weighted by molar-refractivity contribution is 6.32. The summed E-state index contributed by atoms with van der Waals surface area (Å²) in [5.74, 6) is 0.668. The van der Waals surface area contributed by atoms with Gasteiger partial charge in [-0.15, -0.1) is 0 Å². The number of rotatable bonds is 3. The minimum atomic E-state index is -0.761. The van der Waals surface area contributed by atoms with Crippen LogP contribution in [0.4, 0.5) is 0 Å². The molecule has 0 radical (unpaired) electrons. The van der Waals surface area contributed by atoms with E-state index in [2.05, 4.69) is 10.4 Å². The standard InChI is InChI=1S/C10H12ClN3O3/c1-6-4-9(17-3)8(11)5-7(6)10(12-2)13-14(15)16/h4-5H,1-3H3,(H,12,13). The van der Waals surface area contributed by atoms with E-state index < -0.39 is 5.03 Å². The van der Waals surface area contributed by atoms with Crippen molar-refractivity contribution in [2.75, 3.05) is 14.2 Å². The van der Waals surface area contributed by atoms with Gasteiger partial charge in [0.15, 0.2) is 5.03 Å². The first-order valence-corrected chi connectivity index (χ1v) is 5.12. The minimum Gasteiger partial charge on any atom is -0.495 e. The van der Waals surface area contributed by atoms with Crippen LogP contribution in [0.5, 0.6) is 5.75 Å². The summed E-state index contributed by atoms with van der Waals surface area (Å²) in [5, 5.41) is 15.9. The number of hydrazone groups is 1. The number of nitrogens with one attached hydrogen (secondary N) is 1. The lowest BCUT2D eigenvalue weighted by Gasteiger charge is -2.10. The van der Waals surface area contributed by atoms with Crippen LogP contribution >= 0.6 is 11.6 Å². The predicted molar refractivity (Wildman–Crippen MR) is 65.3 cm³/mol. The summed E-state index contributed by atoms with van der Waals surface area (Å²) in [6, 6.07) is 3.28. The topological polar surface area (TPSA) is 76.8 Å². The molecule has 1 N–H and O–H groups in total. The van der Waals surface area contributed by atoms with Gasteiger partial charge in [-0.3, -0.25) is 0 Å². The summed E-state index contributed by atoms with van der Waals surface area (Å²) in [6.45, 7) is 1.79. The van der Waals surface area contributed by atoms with Crippen LogP contribution in [0, 0.1) is 17.0 Å². The van der Waals surface area contributed by atoms with E-state index in [1.807, 2.05) is 0 Å². The Balaban J connectivity index is 3.31. The van der Waals surface area contributed by atoms with E-state index in [-0.39, 0.29) is 5.84 Å². The van der Waals surface area contributed by atoms with Crippen molar-refractivity contribution in [2.24, 2.45) is 5.10 Å². The van der Waals surface area contributed by atoms with Crippen LogP contribution in [0.1, 0.15) is 11.1 Å². The molecule has 6 nitrogen and oxygen atoms in total. The number of nitrogens with zero attached hydrogens (tertiary/aromatic N) is 2. The summed E-state index contributed by atoms with van der Waals surface area (Å²) in [5.41, 5.74) is 1.34. The fourth-order valence-corrected chi connectivity index (χ4v) is 1.63. The Kier molecular flexibility index (Phi) is 4.28. The largest absolute Gasteiger partial charge is 0.495 e. The van der Waals surface area contributed by atoms with Crippen molar-refractivity contribution in [3.05, 3.63) is 38.4 Å². The van der Waals surface area contributed by atoms with Crippen LogP contribution in [-0.2, 0) is 0 Å². The van der Waals surface area contributed by atoms with E-state index in [1.54, 1.807) is 26.1 Å². The second kappa shape index (κ2) is 5.49. The second-order valence-electron chi connectivity index (χ2n) is 3.24. The summed E-state index contributed by atoms with van der Waals surface area (Å²) >= 11 is 5.96. The van der Waals surface area contributed by atoms with Gasteiger partial charge in [0.25, 0.3) is 0 Å². The highest BCUT2D eigenvalue weighted by Crippen LogP contribution is 2.27. The van der Waals surface area contributed by atoms with Gasteiger partial charge in [0.05, 0.1) is 17.2 Å². The quantitative estimate of drug-likeness (QED) is 0.388. The monoisotopic (exact) mass is 257 g/mol. The number of benzene rings is 1. The molecule has 0 heterocycles. The maximum atomic E-state index is 10.4. The molecular formula is C10H12ClN3O3. The lowest BCUT2D eigenvalue weighted by molar-refractivity contribution is -0.485. The lowest BCUT2D eigenvalue weighted by atomic mass is 10.1. The van der Waals surface area contributed by atoms with E-state index in [4.69, 9.17) is 16.3 Å². The molecule has 0 aromatic heterocycles. The molecule has 0 aliphatic heterocycles. The molecule has 0 bridgehead atoms. The Morgan fingerprint density at radius 2 is 2.24 bits per heavy atom. The molecule has 0 spiro atoms. The number of hydrogen-bond acceptors (Lipinski definition) is 3. The Morgan fingerprint density at radius 1 is 1.59 bits per heavy atom. The Hall–Kier alpha value is -1.82. The highest BCUT2D eigenvalue weighted by atomic mass is 35.5. The first kappa shape index (κ1) is 13.2. The zero-order valence-electron chi connectivity index (χ0n) is 9.65. The summed E-state index contributed by atoms with van der Waals surface area (Å²) < 4.78 is 5.05. The second-order valence-corrected chi connectivity index (χ2v) is 3.65. The van der Waals surface area contributed by atoms with Crippen LogP contribution in [0.2, 0.25) is 5.02 Å². The van der Waals surface area contributed by atoms with Crippen molar-refractivity contribution in [1.29, 1.82) is 0 Å². The molecule has 0 saturated carbocycles. The van der Waals surface area contributed by atoms with Crippen molar-refractivity contribution >= 4 is 17.4 Å². The van der Waals surface area contributed by atoms with Crippen molar-refractivity contribution in [1.82, 2.24) is 5.32 Å². The fraction of sp³-hybridized carbons (Fsp3) is 0.300. The first-order chi connectivity index (χ1) is 7.99. The van der Waals surface area contributed by atoms with E-state index in [1.165, 1.54) is 7.11 Å². The van der Waals surface area contributed by atoms with Gasteiger partial charge in [0.2, 0.25) is 5.84 Å². The molecule has 0 saturated heterocycles. The van der Waals surface area contributed by atoms with Crippen LogP contribution in [0.25, 0.3) is 0 Å². The fourth-order valence-electron chi connectivity index (χ4n) is 1.39. The van der Waals surface area contributed by atoms with Gasteiger partial charge in [-0.1, -0.05) is 11.6 Å². The zero-order chi connectivity index (χ0) is 13.0. The summed E-state index contributed by atoms with van der Waals surface area (Å²) in [4.78, 5) is 10.4.